The fraction of sp³-hybridized carbons (Fsp3) is 0.417. The number of amides is 3. The van der Waals surface area contributed by atoms with Crippen LogP contribution in [0.5, 0.6) is 0 Å². The van der Waals surface area contributed by atoms with Crippen molar-refractivity contribution < 1.29 is 19.5 Å². The van der Waals surface area contributed by atoms with Crippen LogP contribution in [-0.4, -0.2) is 34.5 Å². The van der Waals surface area contributed by atoms with Crippen molar-refractivity contribution in [2.75, 3.05) is 6.54 Å². The molecule has 0 bridgehead atoms. The Balaban J connectivity index is 2.32. The number of carboxylic acids is 1. The molecule has 0 aromatic carbocycles. The largest absolute Gasteiger partial charge is 0.480 e. The van der Waals surface area contributed by atoms with Gasteiger partial charge in [0.1, 0.15) is 6.54 Å². The first-order valence-corrected chi connectivity index (χ1v) is 6.65. The summed E-state index contributed by atoms with van der Waals surface area (Å²) in [6.07, 6.45) is 0.849. The zero-order valence-corrected chi connectivity index (χ0v) is 11.4. The fourth-order valence-corrected chi connectivity index (χ4v) is 3.02. The number of carboxylic acid groups (broad SMARTS) is 1. The van der Waals surface area contributed by atoms with Gasteiger partial charge >= 0.3 is 12.0 Å². The monoisotopic (exact) mass is 282 g/mol. The van der Waals surface area contributed by atoms with Crippen LogP contribution in [0.2, 0.25) is 0 Å². The number of nitrogens with one attached hydrogen (secondary N) is 1. The van der Waals surface area contributed by atoms with Crippen molar-refractivity contribution in [2.45, 2.75) is 25.8 Å². The van der Waals surface area contributed by atoms with Gasteiger partial charge in [-0.3, -0.25) is 14.5 Å². The van der Waals surface area contributed by atoms with Gasteiger partial charge in [0.15, 0.2) is 5.54 Å². The molecule has 0 aliphatic carbocycles. The van der Waals surface area contributed by atoms with E-state index in [9.17, 15) is 14.4 Å². The van der Waals surface area contributed by atoms with Crippen molar-refractivity contribution in [2.24, 2.45) is 0 Å². The third-order valence-electron chi connectivity index (χ3n) is 3.07. The lowest BCUT2D eigenvalue weighted by Crippen LogP contribution is -2.40. The minimum Gasteiger partial charge on any atom is -0.480 e. The fourth-order valence-electron chi connectivity index (χ4n) is 1.98. The van der Waals surface area contributed by atoms with E-state index in [1.165, 1.54) is 11.3 Å². The second-order valence-corrected chi connectivity index (χ2v) is 5.63. The van der Waals surface area contributed by atoms with Gasteiger partial charge < -0.3 is 10.4 Å². The van der Waals surface area contributed by atoms with E-state index < -0.39 is 30.0 Å². The third kappa shape index (κ3) is 2.21. The molecule has 1 aromatic heterocycles. The Morgan fingerprint density at radius 3 is 2.68 bits per heavy atom. The van der Waals surface area contributed by atoms with Gasteiger partial charge in [-0.2, -0.15) is 0 Å². The summed E-state index contributed by atoms with van der Waals surface area (Å²) in [7, 11) is 0. The SMILES string of the molecule is CCc1ccc(C2(C)NC(=O)N(CC(=O)O)C2=O)s1. The van der Waals surface area contributed by atoms with E-state index in [0.29, 0.717) is 0 Å². The number of hydrogen-bond donors (Lipinski definition) is 2. The topological polar surface area (TPSA) is 86.7 Å². The number of urea groups is 1. The highest BCUT2D eigenvalue weighted by Gasteiger charge is 2.50. The molecule has 1 aromatic rings. The Hall–Kier alpha value is -1.89. The van der Waals surface area contributed by atoms with E-state index in [4.69, 9.17) is 5.11 Å². The lowest BCUT2D eigenvalue weighted by atomic mass is 10.0. The molecule has 0 radical (unpaired) electrons. The van der Waals surface area contributed by atoms with Crippen LogP contribution < -0.4 is 5.32 Å². The Kier molecular flexibility index (Phi) is 3.32. The Labute approximate surface area is 114 Å². The van der Waals surface area contributed by atoms with Crippen LogP contribution in [0.15, 0.2) is 12.1 Å². The van der Waals surface area contributed by atoms with E-state index in [1.54, 1.807) is 13.0 Å². The maximum absolute atomic E-state index is 12.3. The number of carbonyl (C=O) groups excluding carboxylic acids is 2. The Morgan fingerprint density at radius 2 is 2.16 bits per heavy atom. The van der Waals surface area contributed by atoms with Gasteiger partial charge in [-0.1, -0.05) is 6.92 Å². The molecule has 1 aliphatic heterocycles. The molecule has 1 aliphatic rings. The lowest BCUT2D eigenvalue weighted by molar-refractivity contribution is -0.142. The molecule has 2 N–H and O–H groups in total. The molecule has 1 fully saturated rings. The van der Waals surface area contributed by atoms with Crippen LogP contribution in [0, 0.1) is 0 Å². The van der Waals surface area contributed by atoms with Crippen LogP contribution in [0.1, 0.15) is 23.6 Å². The summed E-state index contributed by atoms with van der Waals surface area (Å²) in [5, 5.41) is 11.3. The van der Waals surface area contributed by atoms with Crippen LogP contribution in [0.3, 0.4) is 0 Å². The number of thiophene rings is 1. The van der Waals surface area contributed by atoms with Crippen LogP contribution in [-0.2, 0) is 21.5 Å². The first kappa shape index (κ1) is 13.5. The zero-order valence-electron chi connectivity index (χ0n) is 10.6. The molecule has 7 heteroatoms. The van der Waals surface area contributed by atoms with Gasteiger partial charge in [-0.05, 0) is 25.5 Å². The van der Waals surface area contributed by atoms with Crippen molar-refractivity contribution in [1.82, 2.24) is 10.2 Å². The molecule has 1 saturated heterocycles. The van der Waals surface area contributed by atoms with Crippen molar-refractivity contribution in [3.8, 4) is 0 Å². The minimum absolute atomic E-state index is 0.524. The highest BCUT2D eigenvalue weighted by Crippen LogP contribution is 2.33. The van der Waals surface area contributed by atoms with Gasteiger partial charge in [0.05, 0.1) is 0 Å². The van der Waals surface area contributed by atoms with Crippen LogP contribution >= 0.6 is 11.3 Å². The van der Waals surface area contributed by atoms with E-state index >= 15 is 0 Å². The van der Waals surface area contributed by atoms with Crippen LogP contribution in [0.4, 0.5) is 4.79 Å². The maximum atomic E-state index is 12.3. The molecule has 102 valence electrons. The first-order valence-electron chi connectivity index (χ1n) is 5.83. The standard InChI is InChI=1S/C12H14N2O4S/c1-3-7-4-5-8(19-7)12(2)10(17)14(6-9(15)16)11(18)13-12/h4-5H,3,6H2,1-2H3,(H,13,18)(H,15,16). The summed E-state index contributed by atoms with van der Waals surface area (Å²) in [6.45, 7) is 2.98. The molecule has 1 atom stereocenters. The average Bonchev–Trinajstić information content (AvgIpc) is 2.90. The summed E-state index contributed by atoms with van der Waals surface area (Å²) >= 11 is 1.45. The van der Waals surface area contributed by atoms with Gasteiger partial charge in [0.25, 0.3) is 5.91 Å². The third-order valence-corrected chi connectivity index (χ3v) is 4.52. The lowest BCUT2D eigenvalue weighted by Gasteiger charge is -2.19. The van der Waals surface area contributed by atoms with Gasteiger partial charge in [0.2, 0.25) is 0 Å². The molecular weight excluding hydrogens is 268 g/mol. The first-order chi connectivity index (χ1) is 8.88. The van der Waals surface area contributed by atoms with E-state index in [-0.39, 0.29) is 0 Å². The quantitative estimate of drug-likeness (QED) is 0.811. The summed E-state index contributed by atoms with van der Waals surface area (Å²) in [5.74, 6) is -1.74. The summed E-state index contributed by atoms with van der Waals surface area (Å²) in [6, 6.07) is 3.04. The molecule has 0 spiro atoms. The number of nitrogens with zero attached hydrogens (tertiary/aromatic N) is 1. The predicted octanol–water partition coefficient (Wildman–Crippen LogP) is 1.16. The number of aliphatic carboxylic acids is 1. The second-order valence-electron chi connectivity index (χ2n) is 4.46. The second kappa shape index (κ2) is 4.65. The van der Waals surface area contributed by atoms with Crippen molar-refractivity contribution in [3.05, 3.63) is 21.9 Å². The maximum Gasteiger partial charge on any atom is 0.325 e. The highest BCUT2D eigenvalue weighted by atomic mass is 32.1. The molecule has 2 heterocycles. The Morgan fingerprint density at radius 1 is 1.47 bits per heavy atom. The van der Waals surface area contributed by atoms with Gasteiger partial charge in [-0.15, -0.1) is 11.3 Å². The summed E-state index contributed by atoms with van der Waals surface area (Å²) < 4.78 is 0. The van der Waals surface area contributed by atoms with Crippen molar-refractivity contribution in [3.63, 3.8) is 0 Å². The van der Waals surface area contributed by atoms with E-state index in [2.05, 4.69) is 5.32 Å². The zero-order chi connectivity index (χ0) is 14.2. The number of rotatable bonds is 4. The molecule has 0 saturated carbocycles. The normalized spacial score (nSPS) is 22.7. The van der Waals surface area contributed by atoms with Crippen molar-refractivity contribution in [1.29, 1.82) is 0 Å². The van der Waals surface area contributed by atoms with Crippen LogP contribution in [0.25, 0.3) is 0 Å². The number of carbonyl (C=O) groups is 3. The smallest absolute Gasteiger partial charge is 0.325 e. The number of imide groups is 1. The summed E-state index contributed by atoms with van der Waals surface area (Å²) in [4.78, 5) is 37.2. The molecule has 1 unspecified atom stereocenters. The molecule has 6 nitrogen and oxygen atoms in total. The van der Waals surface area contributed by atoms with E-state index in [0.717, 1.165) is 21.1 Å². The number of aryl methyl sites for hydroxylation is 1. The van der Waals surface area contributed by atoms with E-state index in [1.807, 2.05) is 13.0 Å². The highest BCUT2D eigenvalue weighted by molar-refractivity contribution is 7.12. The number of hydrogen-bond acceptors (Lipinski definition) is 4. The minimum atomic E-state index is -1.21. The predicted molar refractivity (Wildman–Crippen MR) is 68.9 cm³/mol. The molecule has 3 amide bonds. The molecule has 2 rings (SSSR count). The van der Waals surface area contributed by atoms with Crippen molar-refractivity contribution >= 4 is 29.2 Å². The van der Waals surface area contributed by atoms with Gasteiger partial charge in [0, 0.05) is 9.75 Å². The molecule has 19 heavy (non-hydrogen) atoms. The average molecular weight is 282 g/mol. The Bertz CT molecular complexity index is 554. The summed E-state index contributed by atoms with van der Waals surface area (Å²) in [5.41, 5.74) is -1.16. The molecular formula is C12H14N2O4S. The van der Waals surface area contributed by atoms with Gasteiger partial charge in [-0.25, -0.2) is 4.79 Å².